The predicted octanol–water partition coefficient (Wildman–Crippen LogP) is 4.98. The molecular formula is C32H33FN8O2. The highest BCUT2D eigenvalue weighted by molar-refractivity contribution is 5.99. The van der Waals surface area contributed by atoms with E-state index in [1.54, 1.807) is 39.9 Å². The second-order valence-electron chi connectivity index (χ2n) is 11.5. The highest BCUT2D eigenvalue weighted by atomic mass is 19.1. The number of ether oxygens (including phenoxy) is 1. The van der Waals surface area contributed by atoms with Crippen LogP contribution < -0.4 is 15.8 Å². The first-order valence-electron chi connectivity index (χ1n) is 14.5. The lowest BCUT2D eigenvalue weighted by molar-refractivity contribution is -0.127. The van der Waals surface area contributed by atoms with E-state index >= 15 is 4.39 Å². The summed E-state index contributed by atoms with van der Waals surface area (Å²) >= 11 is 0. The van der Waals surface area contributed by atoms with E-state index < -0.39 is 5.82 Å². The molecule has 2 aliphatic rings. The average molecular weight is 581 g/mol. The molecule has 1 saturated carbocycles. The molecular weight excluding hydrogens is 547 g/mol. The highest BCUT2D eigenvalue weighted by Gasteiger charge is 2.42. The summed E-state index contributed by atoms with van der Waals surface area (Å²) in [6, 6.07) is 15.9. The van der Waals surface area contributed by atoms with Crippen molar-refractivity contribution in [2.45, 2.75) is 63.7 Å². The first-order chi connectivity index (χ1) is 20.8. The number of nitrogens with one attached hydrogen (secondary N) is 1. The molecule has 1 aliphatic carbocycles. The van der Waals surface area contributed by atoms with E-state index in [4.69, 9.17) is 15.6 Å². The zero-order chi connectivity index (χ0) is 30.1. The number of hydrogen-bond acceptors (Lipinski definition) is 8. The normalized spacial score (nSPS) is 17.8. The molecule has 3 heterocycles. The van der Waals surface area contributed by atoms with Crippen LogP contribution in [0.2, 0.25) is 0 Å². The van der Waals surface area contributed by atoms with E-state index in [1.807, 2.05) is 18.2 Å². The van der Waals surface area contributed by atoms with Gasteiger partial charge < -0.3 is 20.7 Å². The van der Waals surface area contributed by atoms with Crippen LogP contribution in [0.15, 0.2) is 66.5 Å². The highest BCUT2D eigenvalue weighted by Crippen LogP contribution is 2.39. The number of carbonyl (C=O) groups excluding carboxylic acids is 1. The second kappa shape index (κ2) is 11.5. The molecule has 0 bridgehead atoms. The largest absolute Gasteiger partial charge is 0.457 e. The minimum atomic E-state index is -0.534. The van der Waals surface area contributed by atoms with Crippen LogP contribution in [-0.2, 0) is 11.3 Å². The fourth-order valence-electron chi connectivity index (χ4n) is 5.83. The second-order valence-corrected chi connectivity index (χ2v) is 11.5. The van der Waals surface area contributed by atoms with Crippen molar-refractivity contribution < 1.29 is 13.9 Å². The van der Waals surface area contributed by atoms with Crippen molar-refractivity contribution in [3.8, 4) is 28.8 Å². The molecule has 2 aromatic carbocycles. The fourth-order valence-corrected chi connectivity index (χ4v) is 5.83. The van der Waals surface area contributed by atoms with Crippen molar-refractivity contribution in [2.75, 3.05) is 12.3 Å². The Labute approximate surface area is 249 Å². The van der Waals surface area contributed by atoms with Gasteiger partial charge in [-0.25, -0.2) is 19.0 Å². The van der Waals surface area contributed by atoms with Gasteiger partial charge in [0.2, 0.25) is 0 Å². The summed E-state index contributed by atoms with van der Waals surface area (Å²) < 4.78 is 23.0. The minimum Gasteiger partial charge on any atom is -0.457 e. The number of anilines is 1. The van der Waals surface area contributed by atoms with Gasteiger partial charge in [-0.1, -0.05) is 32.0 Å². The molecule has 10 nitrogen and oxygen atoms in total. The molecule has 6 rings (SSSR count). The van der Waals surface area contributed by atoms with Crippen LogP contribution in [-0.4, -0.2) is 54.7 Å². The molecule has 1 amide bonds. The van der Waals surface area contributed by atoms with Gasteiger partial charge in [-0.05, 0) is 56.0 Å². The van der Waals surface area contributed by atoms with E-state index in [-0.39, 0.29) is 40.5 Å². The van der Waals surface area contributed by atoms with Gasteiger partial charge in [-0.2, -0.15) is 10.4 Å². The number of nitrogens with two attached hydrogens (primary N) is 1. The summed E-state index contributed by atoms with van der Waals surface area (Å²) in [4.78, 5) is 23.9. The third-order valence-corrected chi connectivity index (χ3v) is 7.89. The van der Waals surface area contributed by atoms with Crippen molar-refractivity contribution >= 4 is 22.8 Å². The van der Waals surface area contributed by atoms with Crippen molar-refractivity contribution in [2.24, 2.45) is 0 Å². The van der Waals surface area contributed by atoms with E-state index in [9.17, 15) is 10.1 Å². The number of hydrogen-bond donors (Lipinski definition) is 2. The number of rotatable bonds is 9. The molecule has 0 unspecified atom stereocenters. The summed E-state index contributed by atoms with van der Waals surface area (Å²) in [7, 11) is 0. The number of fused-ring (bicyclic) bond motifs is 1. The van der Waals surface area contributed by atoms with Gasteiger partial charge in [-0.15, -0.1) is 0 Å². The van der Waals surface area contributed by atoms with Crippen LogP contribution in [0.25, 0.3) is 22.3 Å². The SMILES string of the molecule is CC(C)NC1(C=C(C#N)C(=O)N2CCC[C@@H]2Cn2nc(-c3ccc(Oc4ccccc4)cc3F)c3c(N)ncnc32)CC1. The summed E-state index contributed by atoms with van der Waals surface area (Å²) in [5.74, 6) is 0.298. The van der Waals surface area contributed by atoms with Crippen LogP contribution in [0.5, 0.6) is 11.5 Å². The molecule has 2 fully saturated rings. The Kier molecular flexibility index (Phi) is 7.54. The van der Waals surface area contributed by atoms with Gasteiger partial charge >= 0.3 is 0 Å². The predicted molar refractivity (Wildman–Crippen MR) is 160 cm³/mol. The maximum atomic E-state index is 15.5. The fraction of sp³-hybridized carbons (Fsp3) is 0.344. The Morgan fingerprint density at radius 3 is 2.72 bits per heavy atom. The molecule has 2 aromatic heterocycles. The third kappa shape index (κ3) is 5.79. The minimum absolute atomic E-state index is 0.148. The Hall–Kier alpha value is -4.82. The Bertz CT molecular complexity index is 1740. The van der Waals surface area contributed by atoms with Crippen LogP contribution >= 0.6 is 0 Å². The molecule has 220 valence electrons. The monoisotopic (exact) mass is 580 g/mol. The lowest BCUT2D eigenvalue weighted by Gasteiger charge is -2.25. The zero-order valence-electron chi connectivity index (χ0n) is 24.1. The molecule has 11 heteroatoms. The number of nitriles is 1. The first kappa shape index (κ1) is 28.3. The summed E-state index contributed by atoms with van der Waals surface area (Å²) in [5.41, 5.74) is 7.10. The number of halogens is 1. The van der Waals surface area contributed by atoms with E-state index in [0.717, 1.165) is 25.7 Å². The lowest BCUT2D eigenvalue weighted by Crippen LogP contribution is -2.40. The molecule has 1 atom stereocenters. The Morgan fingerprint density at radius 2 is 2.02 bits per heavy atom. The van der Waals surface area contributed by atoms with Crippen LogP contribution in [0, 0.1) is 17.1 Å². The van der Waals surface area contributed by atoms with Crippen LogP contribution in [0.4, 0.5) is 10.2 Å². The quantitative estimate of drug-likeness (QED) is 0.209. The topological polar surface area (TPSA) is 135 Å². The van der Waals surface area contributed by atoms with Crippen molar-refractivity contribution in [1.29, 1.82) is 5.26 Å². The van der Waals surface area contributed by atoms with Gasteiger partial charge in [0.25, 0.3) is 5.91 Å². The molecule has 1 saturated heterocycles. The molecule has 0 spiro atoms. The van der Waals surface area contributed by atoms with Crippen molar-refractivity contribution in [1.82, 2.24) is 30.0 Å². The van der Waals surface area contributed by atoms with Crippen molar-refractivity contribution in [3.63, 3.8) is 0 Å². The Morgan fingerprint density at radius 1 is 1.23 bits per heavy atom. The van der Waals surface area contributed by atoms with Gasteiger partial charge in [0, 0.05) is 29.8 Å². The number of aromatic nitrogens is 4. The molecule has 4 aromatic rings. The number of nitrogen functional groups attached to an aromatic ring is 1. The van der Waals surface area contributed by atoms with Crippen molar-refractivity contribution in [3.05, 3.63) is 72.3 Å². The number of nitrogens with zero attached hydrogens (tertiary/aromatic N) is 6. The molecule has 43 heavy (non-hydrogen) atoms. The summed E-state index contributed by atoms with van der Waals surface area (Å²) in [6.07, 6.45) is 6.46. The van der Waals surface area contributed by atoms with Crippen LogP contribution in [0.1, 0.15) is 39.5 Å². The van der Waals surface area contributed by atoms with E-state index in [2.05, 4.69) is 35.2 Å². The standard InChI is InChI=1S/C32H33FN8O2/c1-20(2)38-32(12-13-32)16-21(17-34)31(42)40-14-6-7-22(40)18-41-30-27(29(35)36-19-37-30)28(39-41)25-11-10-24(15-26(25)33)43-23-8-4-3-5-9-23/h3-5,8-11,15-16,19-20,22,38H,6-7,12-14,18H2,1-2H3,(H2,35,36,37)/t22-/m1/s1. The third-order valence-electron chi connectivity index (χ3n) is 7.89. The number of amides is 1. The Balaban J connectivity index is 1.29. The smallest absolute Gasteiger partial charge is 0.264 e. The number of likely N-dealkylation sites (tertiary alicyclic amines) is 1. The van der Waals surface area contributed by atoms with E-state index in [1.165, 1.54) is 12.4 Å². The zero-order valence-corrected chi connectivity index (χ0v) is 24.1. The average Bonchev–Trinajstić information content (AvgIpc) is 3.39. The summed E-state index contributed by atoms with van der Waals surface area (Å²) in [6.45, 7) is 4.95. The number of para-hydroxylation sites is 1. The van der Waals surface area contributed by atoms with Crippen LogP contribution in [0.3, 0.4) is 0 Å². The van der Waals surface area contributed by atoms with Gasteiger partial charge in [0.05, 0.1) is 18.0 Å². The van der Waals surface area contributed by atoms with E-state index in [0.29, 0.717) is 41.3 Å². The van der Waals surface area contributed by atoms with Gasteiger partial charge in [0.1, 0.15) is 46.8 Å². The molecule has 3 N–H and O–H groups in total. The lowest BCUT2D eigenvalue weighted by atomic mass is 10.1. The maximum absolute atomic E-state index is 15.5. The summed E-state index contributed by atoms with van der Waals surface area (Å²) in [5, 5.41) is 18.6. The van der Waals surface area contributed by atoms with Gasteiger partial charge in [-0.3, -0.25) is 4.79 Å². The maximum Gasteiger partial charge on any atom is 0.264 e. The number of benzene rings is 2. The number of carbonyl (C=O) groups is 1. The molecule has 1 aliphatic heterocycles. The first-order valence-corrected chi connectivity index (χ1v) is 14.5. The van der Waals surface area contributed by atoms with Gasteiger partial charge in [0.15, 0.2) is 5.65 Å². The molecule has 0 radical (unpaired) electrons.